The zero-order valence-corrected chi connectivity index (χ0v) is 13.4. The van der Waals surface area contributed by atoms with E-state index in [0.29, 0.717) is 16.9 Å². The van der Waals surface area contributed by atoms with Gasteiger partial charge in [0.2, 0.25) is 5.89 Å². The van der Waals surface area contributed by atoms with Crippen molar-refractivity contribution in [2.45, 2.75) is 6.18 Å². The molecule has 0 unspecified atom stereocenters. The van der Waals surface area contributed by atoms with E-state index in [-0.39, 0.29) is 17.6 Å². The molecule has 0 atom stereocenters. The van der Waals surface area contributed by atoms with E-state index in [9.17, 15) is 13.2 Å². The van der Waals surface area contributed by atoms with Crippen molar-refractivity contribution in [2.24, 2.45) is 0 Å². The molecular weight excluding hydrogens is 363 g/mol. The van der Waals surface area contributed by atoms with Crippen LogP contribution in [0, 0.1) is 0 Å². The van der Waals surface area contributed by atoms with E-state index in [1.54, 1.807) is 24.3 Å². The number of alkyl halides is 3. The van der Waals surface area contributed by atoms with Gasteiger partial charge in [0.1, 0.15) is 0 Å². The molecule has 2 aromatic carbocycles. The van der Waals surface area contributed by atoms with Crippen LogP contribution in [0.5, 0.6) is 0 Å². The lowest BCUT2D eigenvalue weighted by Gasteiger charge is -2.11. The summed E-state index contributed by atoms with van der Waals surface area (Å²) in [6.07, 6.45) is -4.38. The van der Waals surface area contributed by atoms with Crippen LogP contribution in [0.4, 0.5) is 24.5 Å². The predicted octanol–water partition coefficient (Wildman–Crippen LogP) is 3.68. The number of tetrazole rings is 1. The molecule has 8 nitrogen and oxygen atoms in total. The van der Waals surface area contributed by atoms with Gasteiger partial charge in [-0.2, -0.15) is 18.4 Å². The molecule has 2 aromatic heterocycles. The van der Waals surface area contributed by atoms with Gasteiger partial charge in [-0.05, 0) is 41.6 Å². The van der Waals surface area contributed by atoms with Crippen molar-refractivity contribution in [1.29, 1.82) is 0 Å². The van der Waals surface area contributed by atoms with Crippen LogP contribution in [0.2, 0.25) is 0 Å². The Morgan fingerprint density at radius 3 is 2.33 bits per heavy atom. The van der Waals surface area contributed by atoms with Crippen LogP contribution in [0.1, 0.15) is 5.56 Å². The lowest BCUT2D eigenvalue weighted by Crippen LogP contribution is -2.04. The molecule has 2 N–H and O–H groups in total. The van der Waals surface area contributed by atoms with E-state index < -0.39 is 11.7 Å². The van der Waals surface area contributed by atoms with Gasteiger partial charge in [-0.15, -0.1) is 20.4 Å². The van der Waals surface area contributed by atoms with Gasteiger partial charge in [-0.25, -0.2) is 0 Å². The summed E-state index contributed by atoms with van der Waals surface area (Å²) in [4.78, 5) is 0. The highest BCUT2D eigenvalue weighted by Gasteiger charge is 2.30. The Morgan fingerprint density at radius 2 is 1.63 bits per heavy atom. The second-order valence-electron chi connectivity index (χ2n) is 5.39. The lowest BCUT2D eigenvalue weighted by atomic mass is 10.1. The molecule has 27 heavy (non-hydrogen) atoms. The van der Waals surface area contributed by atoms with Crippen LogP contribution in [0.3, 0.4) is 0 Å². The summed E-state index contributed by atoms with van der Waals surface area (Å²) in [6.45, 7) is 0. The number of hydrogen-bond donors (Lipinski definition) is 2. The molecule has 0 amide bonds. The second-order valence-corrected chi connectivity index (χ2v) is 5.39. The molecule has 0 bridgehead atoms. The summed E-state index contributed by atoms with van der Waals surface area (Å²) in [5.41, 5.74) is 0.913. The first-order valence-electron chi connectivity index (χ1n) is 7.62. The quantitative estimate of drug-likeness (QED) is 0.562. The molecule has 0 aliphatic heterocycles. The van der Waals surface area contributed by atoms with Crippen LogP contribution in [0.15, 0.2) is 52.9 Å². The minimum absolute atomic E-state index is 0.0862. The average Bonchev–Trinajstić information content (AvgIpc) is 3.34. The van der Waals surface area contributed by atoms with Gasteiger partial charge in [-0.1, -0.05) is 12.1 Å². The summed E-state index contributed by atoms with van der Waals surface area (Å²) >= 11 is 0. The zero-order valence-electron chi connectivity index (χ0n) is 13.4. The molecule has 0 spiro atoms. The van der Waals surface area contributed by atoms with Gasteiger partial charge >= 0.3 is 6.18 Å². The maximum Gasteiger partial charge on any atom is 0.416 e. The van der Waals surface area contributed by atoms with Gasteiger partial charge in [0.25, 0.3) is 11.7 Å². The number of para-hydroxylation sites is 1. The second kappa shape index (κ2) is 6.52. The molecule has 4 aromatic rings. The van der Waals surface area contributed by atoms with Crippen molar-refractivity contribution in [3.63, 3.8) is 0 Å². The van der Waals surface area contributed by atoms with Crippen LogP contribution < -0.4 is 5.32 Å². The van der Waals surface area contributed by atoms with E-state index in [4.69, 9.17) is 4.42 Å². The van der Waals surface area contributed by atoms with Crippen molar-refractivity contribution in [1.82, 2.24) is 30.8 Å². The highest BCUT2D eigenvalue weighted by atomic mass is 19.4. The van der Waals surface area contributed by atoms with Gasteiger partial charge in [0, 0.05) is 5.69 Å². The number of halogens is 3. The standard InChI is InChI=1S/C16H10F3N7O/c17-16(18,19)9-5-7-10(8-6-9)20-12-4-2-1-3-11(12)14-23-24-15(27-14)13-21-25-26-22-13/h1-8,20H,(H,21,22,25,26). The first-order chi connectivity index (χ1) is 13.0. The topological polar surface area (TPSA) is 105 Å². The number of rotatable bonds is 4. The lowest BCUT2D eigenvalue weighted by molar-refractivity contribution is -0.137. The Hall–Kier alpha value is -3.76. The van der Waals surface area contributed by atoms with Crippen molar-refractivity contribution >= 4 is 11.4 Å². The number of anilines is 2. The Bertz CT molecular complexity index is 1040. The third kappa shape index (κ3) is 3.47. The van der Waals surface area contributed by atoms with Crippen LogP contribution in [-0.4, -0.2) is 30.8 Å². The normalized spacial score (nSPS) is 11.5. The summed E-state index contributed by atoms with van der Waals surface area (Å²) in [5.74, 6) is 0.440. The van der Waals surface area contributed by atoms with Crippen LogP contribution in [0.25, 0.3) is 23.2 Å². The summed E-state index contributed by atoms with van der Waals surface area (Å²) < 4.78 is 43.6. The third-order valence-electron chi connectivity index (χ3n) is 3.61. The highest BCUT2D eigenvalue weighted by Crippen LogP contribution is 2.33. The van der Waals surface area contributed by atoms with Crippen molar-refractivity contribution in [3.8, 4) is 23.2 Å². The highest BCUT2D eigenvalue weighted by molar-refractivity contribution is 5.77. The average molecular weight is 373 g/mol. The summed E-state index contributed by atoms with van der Waals surface area (Å²) in [6, 6.07) is 11.7. The Labute approximate surface area is 149 Å². The smallest absolute Gasteiger partial charge is 0.413 e. The molecule has 0 saturated carbocycles. The molecule has 0 saturated heterocycles. The van der Waals surface area contributed by atoms with Crippen molar-refractivity contribution < 1.29 is 17.6 Å². The predicted molar refractivity (Wildman–Crippen MR) is 87.6 cm³/mol. The van der Waals surface area contributed by atoms with Gasteiger partial charge in [0.05, 0.1) is 16.8 Å². The van der Waals surface area contributed by atoms with Crippen LogP contribution >= 0.6 is 0 Å². The van der Waals surface area contributed by atoms with Gasteiger partial charge in [-0.3, -0.25) is 0 Å². The van der Waals surface area contributed by atoms with E-state index in [1.165, 1.54) is 12.1 Å². The number of benzene rings is 2. The molecular formula is C16H10F3N7O. The SMILES string of the molecule is FC(F)(F)c1ccc(Nc2ccccc2-c2nnc(-c3nn[nH]n3)o2)cc1. The number of aromatic nitrogens is 6. The molecule has 11 heteroatoms. The Kier molecular flexibility index (Phi) is 4.03. The Morgan fingerprint density at radius 1 is 0.889 bits per heavy atom. The first kappa shape index (κ1) is 16.7. The molecule has 4 rings (SSSR count). The number of aromatic amines is 1. The zero-order chi connectivity index (χ0) is 18.9. The molecule has 0 aliphatic rings. The van der Waals surface area contributed by atoms with E-state index >= 15 is 0 Å². The van der Waals surface area contributed by atoms with E-state index in [1.807, 2.05) is 0 Å². The molecule has 136 valence electrons. The molecule has 0 radical (unpaired) electrons. The number of H-pyrrole nitrogens is 1. The third-order valence-corrected chi connectivity index (χ3v) is 3.61. The van der Waals surface area contributed by atoms with Gasteiger partial charge in [0.15, 0.2) is 0 Å². The summed E-state index contributed by atoms with van der Waals surface area (Å²) in [7, 11) is 0. The minimum Gasteiger partial charge on any atom is -0.413 e. The fourth-order valence-corrected chi connectivity index (χ4v) is 2.35. The van der Waals surface area contributed by atoms with Crippen molar-refractivity contribution in [2.75, 3.05) is 5.32 Å². The fourth-order valence-electron chi connectivity index (χ4n) is 2.35. The fraction of sp³-hybridized carbons (Fsp3) is 0.0625. The minimum atomic E-state index is -4.38. The maximum atomic E-state index is 12.7. The molecule has 2 heterocycles. The monoisotopic (exact) mass is 373 g/mol. The van der Waals surface area contributed by atoms with E-state index in [2.05, 4.69) is 36.1 Å². The Balaban J connectivity index is 1.62. The molecule has 0 aliphatic carbocycles. The number of nitrogens with one attached hydrogen (secondary N) is 2. The maximum absolute atomic E-state index is 12.7. The number of hydrogen-bond acceptors (Lipinski definition) is 7. The number of nitrogens with zero attached hydrogens (tertiary/aromatic N) is 5. The van der Waals surface area contributed by atoms with E-state index in [0.717, 1.165) is 12.1 Å². The van der Waals surface area contributed by atoms with Gasteiger partial charge < -0.3 is 9.73 Å². The van der Waals surface area contributed by atoms with Crippen molar-refractivity contribution in [3.05, 3.63) is 54.1 Å². The first-order valence-corrected chi connectivity index (χ1v) is 7.62. The molecule has 0 fully saturated rings. The summed E-state index contributed by atoms with van der Waals surface area (Å²) in [5, 5.41) is 24.1. The van der Waals surface area contributed by atoms with Crippen LogP contribution in [-0.2, 0) is 6.18 Å². The largest absolute Gasteiger partial charge is 0.416 e.